The van der Waals surface area contributed by atoms with Gasteiger partial charge in [-0.15, -0.1) is 11.3 Å². The second kappa shape index (κ2) is 4.08. The van der Waals surface area contributed by atoms with Crippen molar-refractivity contribution in [3.63, 3.8) is 0 Å². The van der Waals surface area contributed by atoms with Crippen LogP contribution in [0.2, 0.25) is 0 Å². The van der Waals surface area contributed by atoms with Crippen LogP contribution >= 0.6 is 11.3 Å². The molecule has 0 saturated carbocycles. The van der Waals surface area contributed by atoms with Gasteiger partial charge in [-0.05, 0) is 52.0 Å². The molecule has 1 fully saturated rings. The summed E-state index contributed by atoms with van der Waals surface area (Å²) in [5, 5.41) is 12.9. The van der Waals surface area contributed by atoms with Gasteiger partial charge in [0.05, 0.1) is 16.8 Å². The second-order valence-corrected chi connectivity index (χ2v) is 7.19. The van der Waals surface area contributed by atoms with Gasteiger partial charge in [-0.3, -0.25) is 0 Å². The smallest absolute Gasteiger partial charge is 0.0961 e. The van der Waals surface area contributed by atoms with Gasteiger partial charge in [0.25, 0.3) is 0 Å². The van der Waals surface area contributed by atoms with Crippen LogP contribution in [0.3, 0.4) is 0 Å². The number of aryl methyl sites for hydroxylation is 1. The minimum absolute atomic E-state index is 0.228. The summed E-state index contributed by atoms with van der Waals surface area (Å²) in [6, 6.07) is 4.19. The number of ether oxygens (including phenoxy) is 1. The van der Waals surface area contributed by atoms with Crippen LogP contribution < -0.4 is 0 Å². The molecule has 1 unspecified atom stereocenters. The molecule has 0 aliphatic carbocycles. The molecule has 0 radical (unpaired) electrons. The highest BCUT2D eigenvalue weighted by atomic mass is 32.1. The fourth-order valence-corrected chi connectivity index (χ4v) is 3.62. The third-order valence-electron chi connectivity index (χ3n) is 3.74. The van der Waals surface area contributed by atoms with Gasteiger partial charge in [0.15, 0.2) is 0 Å². The van der Waals surface area contributed by atoms with Crippen LogP contribution in [-0.4, -0.2) is 21.9 Å². The Morgan fingerprint density at radius 2 is 2.06 bits per heavy atom. The molecule has 1 atom stereocenters. The second-order valence-electron chi connectivity index (χ2n) is 6.16. The van der Waals surface area contributed by atoms with Crippen LogP contribution in [0.1, 0.15) is 45.4 Å². The Balaban J connectivity index is 2.08. The largest absolute Gasteiger partial charge is 0.387 e. The third-order valence-corrected chi connectivity index (χ3v) is 4.67. The lowest BCUT2D eigenvalue weighted by Gasteiger charge is -2.35. The first kappa shape index (κ1) is 13.1. The summed E-state index contributed by atoms with van der Waals surface area (Å²) in [6.45, 7) is 8.10. The van der Waals surface area contributed by atoms with Crippen molar-refractivity contribution in [2.75, 3.05) is 0 Å². The number of aliphatic hydroxyl groups is 1. The zero-order chi connectivity index (χ0) is 12.7. The lowest BCUT2D eigenvalue weighted by molar-refractivity contribution is -0.128. The highest BCUT2D eigenvalue weighted by Crippen LogP contribution is 2.47. The van der Waals surface area contributed by atoms with Crippen LogP contribution in [0.15, 0.2) is 17.5 Å². The van der Waals surface area contributed by atoms with Crippen molar-refractivity contribution >= 4 is 11.3 Å². The summed E-state index contributed by atoms with van der Waals surface area (Å²) in [4.78, 5) is 1.33. The van der Waals surface area contributed by atoms with Gasteiger partial charge in [0.1, 0.15) is 0 Å². The molecule has 0 spiro atoms. The van der Waals surface area contributed by atoms with Gasteiger partial charge in [0, 0.05) is 11.3 Å². The molecule has 1 saturated heterocycles. The van der Waals surface area contributed by atoms with Gasteiger partial charge < -0.3 is 9.84 Å². The van der Waals surface area contributed by atoms with Crippen LogP contribution in [-0.2, 0) is 11.2 Å². The monoisotopic (exact) mass is 254 g/mol. The molecule has 2 nitrogen and oxygen atoms in total. The number of rotatable bonds is 3. The van der Waals surface area contributed by atoms with Gasteiger partial charge in [-0.25, -0.2) is 0 Å². The lowest BCUT2D eigenvalue weighted by atomic mass is 9.79. The number of hydrogen-bond acceptors (Lipinski definition) is 3. The molecule has 17 heavy (non-hydrogen) atoms. The van der Waals surface area contributed by atoms with E-state index in [2.05, 4.69) is 31.4 Å². The van der Waals surface area contributed by atoms with E-state index in [0.29, 0.717) is 6.42 Å². The molecular formula is C14H22O2S. The first-order chi connectivity index (χ1) is 7.74. The minimum Gasteiger partial charge on any atom is -0.387 e. The zero-order valence-corrected chi connectivity index (χ0v) is 11.9. The van der Waals surface area contributed by atoms with Crippen molar-refractivity contribution in [1.82, 2.24) is 0 Å². The zero-order valence-electron chi connectivity index (χ0n) is 11.1. The molecule has 0 amide bonds. The van der Waals surface area contributed by atoms with E-state index in [4.69, 9.17) is 4.74 Å². The van der Waals surface area contributed by atoms with E-state index in [0.717, 1.165) is 12.8 Å². The van der Waals surface area contributed by atoms with Crippen molar-refractivity contribution in [1.29, 1.82) is 0 Å². The highest BCUT2D eigenvalue weighted by molar-refractivity contribution is 7.09. The van der Waals surface area contributed by atoms with Crippen molar-refractivity contribution < 1.29 is 9.84 Å². The van der Waals surface area contributed by atoms with E-state index in [1.54, 1.807) is 11.3 Å². The fraction of sp³-hybridized carbons (Fsp3) is 0.714. The van der Waals surface area contributed by atoms with E-state index >= 15 is 0 Å². The van der Waals surface area contributed by atoms with E-state index in [9.17, 15) is 5.11 Å². The Morgan fingerprint density at radius 3 is 2.53 bits per heavy atom. The van der Waals surface area contributed by atoms with E-state index in [1.807, 2.05) is 13.8 Å². The molecule has 0 aromatic carbocycles. The fourth-order valence-electron chi connectivity index (χ4n) is 2.91. The van der Waals surface area contributed by atoms with Crippen LogP contribution in [0.25, 0.3) is 0 Å². The first-order valence-electron chi connectivity index (χ1n) is 6.19. The summed E-state index contributed by atoms with van der Waals surface area (Å²) in [6.07, 6.45) is 2.40. The Hall–Kier alpha value is -0.380. The van der Waals surface area contributed by atoms with Crippen LogP contribution in [0.5, 0.6) is 0 Å². The highest BCUT2D eigenvalue weighted by Gasteiger charge is 2.55. The lowest BCUT2D eigenvalue weighted by Crippen LogP contribution is -2.46. The average molecular weight is 254 g/mol. The molecule has 0 bridgehead atoms. The number of hydrogen-bond donors (Lipinski definition) is 1. The van der Waals surface area contributed by atoms with Crippen LogP contribution in [0.4, 0.5) is 0 Å². The van der Waals surface area contributed by atoms with Crippen molar-refractivity contribution in [2.45, 2.75) is 63.8 Å². The maximum absolute atomic E-state index is 10.8. The summed E-state index contributed by atoms with van der Waals surface area (Å²) >= 11 is 1.75. The van der Waals surface area contributed by atoms with Gasteiger partial charge >= 0.3 is 0 Å². The van der Waals surface area contributed by atoms with Gasteiger partial charge in [0.2, 0.25) is 0 Å². The molecule has 2 heterocycles. The predicted molar refractivity (Wildman–Crippen MR) is 71.4 cm³/mol. The van der Waals surface area contributed by atoms with Crippen molar-refractivity contribution in [3.05, 3.63) is 22.4 Å². The maximum atomic E-state index is 10.8. The Morgan fingerprint density at radius 1 is 1.35 bits per heavy atom. The van der Waals surface area contributed by atoms with Crippen LogP contribution in [0, 0.1) is 0 Å². The summed E-state index contributed by atoms with van der Waals surface area (Å²) in [5.41, 5.74) is -1.41. The predicted octanol–water partition coefficient (Wildman–Crippen LogP) is 3.39. The molecule has 1 aliphatic rings. The quantitative estimate of drug-likeness (QED) is 0.896. The van der Waals surface area contributed by atoms with E-state index < -0.39 is 11.2 Å². The third kappa shape index (κ3) is 2.56. The van der Waals surface area contributed by atoms with E-state index in [1.165, 1.54) is 4.88 Å². The Labute approximate surface area is 108 Å². The summed E-state index contributed by atoms with van der Waals surface area (Å²) in [7, 11) is 0. The molecular weight excluding hydrogens is 232 g/mol. The summed E-state index contributed by atoms with van der Waals surface area (Å²) < 4.78 is 5.98. The van der Waals surface area contributed by atoms with Crippen molar-refractivity contribution in [3.8, 4) is 0 Å². The average Bonchev–Trinajstić information content (AvgIpc) is 2.68. The molecule has 1 N–H and O–H groups in total. The Kier molecular flexibility index (Phi) is 3.13. The maximum Gasteiger partial charge on any atom is 0.0961 e. The summed E-state index contributed by atoms with van der Waals surface area (Å²) in [5.74, 6) is 0. The molecule has 96 valence electrons. The molecule has 3 heteroatoms. The molecule has 1 aliphatic heterocycles. The van der Waals surface area contributed by atoms with Gasteiger partial charge in [-0.2, -0.15) is 0 Å². The molecule has 1 aromatic rings. The topological polar surface area (TPSA) is 29.5 Å². The number of thiophene rings is 1. The minimum atomic E-state index is -0.722. The molecule has 2 rings (SSSR count). The van der Waals surface area contributed by atoms with Crippen molar-refractivity contribution in [2.24, 2.45) is 0 Å². The van der Waals surface area contributed by atoms with Gasteiger partial charge in [-0.1, -0.05) is 6.07 Å². The Bertz CT molecular complexity index is 381. The standard InChI is InChI=1S/C14H22O2S/c1-12(2)10-14(15,13(3,4)16-12)8-7-11-6-5-9-17-11/h5-6,9,15H,7-8,10H2,1-4H3. The normalized spacial score (nSPS) is 30.6. The molecule has 1 aromatic heterocycles. The first-order valence-corrected chi connectivity index (χ1v) is 7.07. The SMILES string of the molecule is CC1(C)CC(O)(CCc2cccs2)C(C)(C)O1. The van der Waals surface area contributed by atoms with E-state index in [-0.39, 0.29) is 5.60 Å².